The monoisotopic (exact) mass is 391 g/mol. The Hall–Kier alpha value is -2.95. The van der Waals surface area contributed by atoms with E-state index in [4.69, 9.17) is 0 Å². The summed E-state index contributed by atoms with van der Waals surface area (Å²) < 4.78 is 15.5. The maximum Gasteiger partial charge on any atom is 0.230 e. The summed E-state index contributed by atoms with van der Waals surface area (Å²) in [5, 5.41) is 3.12. The van der Waals surface area contributed by atoms with Crippen molar-refractivity contribution in [2.24, 2.45) is 0 Å². The molecule has 5 heteroatoms. The summed E-state index contributed by atoms with van der Waals surface area (Å²) in [6.07, 6.45) is 8.11. The molecule has 4 nitrogen and oxygen atoms in total. The first-order valence-electron chi connectivity index (χ1n) is 10.3. The molecule has 1 aliphatic carbocycles. The first-order chi connectivity index (χ1) is 14.2. The van der Waals surface area contributed by atoms with Crippen molar-refractivity contribution in [3.8, 4) is 0 Å². The molecular formula is C24H26FN3O. The smallest absolute Gasteiger partial charge is 0.230 e. The number of carbonyl (C=O) groups excluding carboxylic acids is 1. The van der Waals surface area contributed by atoms with Crippen molar-refractivity contribution >= 4 is 5.91 Å². The van der Waals surface area contributed by atoms with Gasteiger partial charge in [0.2, 0.25) is 5.91 Å². The van der Waals surface area contributed by atoms with E-state index >= 15 is 0 Å². The lowest BCUT2D eigenvalue weighted by molar-refractivity contribution is -0.126. The highest BCUT2D eigenvalue weighted by molar-refractivity contribution is 5.88. The topological polar surface area (TPSA) is 46.9 Å². The van der Waals surface area contributed by atoms with Gasteiger partial charge in [-0.05, 0) is 36.1 Å². The molecule has 2 aromatic carbocycles. The Labute approximate surface area is 170 Å². The van der Waals surface area contributed by atoms with Crippen LogP contribution in [0.25, 0.3) is 0 Å². The summed E-state index contributed by atoms with van der Waals surface area (Å²) >= 11 is 0. The third-order valence-electron chi connectivity index (χ3n) is 5.92. The number of halogens is 1. The molecule has 1 saturated carbocycles. The van der Waals surface area contributed by atoms with E-state index in [0.717, 1.165) is 43.6 Å². The average Bonchev–Trinajstić information content (AvgIpc) is 3.40. The minimum Gasteiger partial charge on any atom is -0.355 e. The molecule has 1 amide bonds. The molecule has 0 aliphatic heterocycles. The minimum atomic E-state index is -0.535. The van der Waals surface area contributed by atoms with E-state index in [2.05, 4.69) is 27.0 Å². The fourth-order valence-electron chi connectivity index (χ4n) is 4.34. The number of carbonyl (C=O) groups is 1. The summed E-state index contributed by atoms with van der Waals surface area (Å²) in [4.78, 5) is 17.6. The van der Waals surface area contributed by atoms with E-state index in [9.17, 15) is 9.18 Å². The number of nitrogens with zero attached hydrogens (tertiary/aromatic N) is 2. The lowest BCUT2D eigenvalue weighted by atomic mass is 9.78. The molecule has 29 heavy (non-hydrogen) atoms. The second-order valence-corrected chi connectivity index (χ2v) is 7.76. The van der Waals surface area contributed by atoms with E-state index in [-0.39, 0.29) is 11.7 Å². The molecule has 1 N–H and O–H groups in total. The van der Waals surface area contributed by atoms with E-state index in [0.29, 0.717) is 13.0 Å². The number of rotatable bonds is 7. The predicted octanol–water partition coefficient (Wildman–Crippen LogP) is 4.24. The first-order valence-corrected chi connectivity index (χ1v) is 10.3. The SMILES string of the molecule is O=C(NCCc1nccn1Cc1ccccc1)C1(c2ccc(F)cc2)CCCC1. The lowest BCUT2D eigenvalue weighted by Crippen LogP contribution is -2.43. The number of amides is 1. The lowest BCUT2D eigenvalue weighted by Gasteiger charge is -2.28. The van der Waals surface area contributed by atoms with Crippen LogP contribution < -0.4 is 5.32 Å². The second-order valence-electron chi connectivity index (χ2n) is 7.76. The van der Waals surface area contributed by atoms with Crippen molar-refractivity contribution in [1.82, 2.24) is 14.9 Å². The Morgan fingerprint density at radius 1 is 1.07 bits per heavy atom. The third kappa shape index (κ3) is 4.24. The molecule has 1 heterocycles. The molecule has 150 valence electrons. The zero-order chi connectivity index (χ0) is 20.1. The summed E-state index contributed by atoms with van der Waals surface area (Å²) in [7, 11) is 0. The third-order valence-corrected chi connectivity index (χ3v) is 5.92. The molecule has 3 aromatic rings. The highest BCUT2D eigenvalue weighted by Gasteiger charge is 2.42. The number of hydrogen-bond donors (Lipinski definition) is 1. The molecule has 0 spiro atoms. The van der Waals surface area contributed by atoms with Crippen molar-refractivity contribution in [2.75, 3.05) is 6.54 Å². The highest BCUT2D eigenvalue weighted by Crippen LogP contribution is 2.41. The standard InChI is InChI=1S/C24H26FN3O/c25-21-10-8-20(9-11-21)24(13-4-5-14-24)23(29)27-15-12-22-26-16-17-28(22)18-19-6-2-1-3-7-19/h1-3,6-11,16-17H,4-5,12-15,18H2,(H,27,29). The van der Waals surface area contributed by atoms with Gasteiger partial charge in [0.15, 0.2) is 0 Å². The van der Waals surface area contributed by atoms with Gasteiger partial charge in [0.1, 0.15) is 11.6 Å². The van der Waals surface area contributed by atoms with Crippen LogP contribution in [0.15, 0.2) is 67.0 Å². The number of aromatic nitrogens is 2. The van der Waals surface area contributed by atoms with Crippen LogP contribution in [-0.4, -0.2) is 22.0 Å². The number of imidazole rings is 1. The minimum absolute atomic E-state index is 0.0442. The van der Waals surface area contributed by atoms with Gasteiger partial charge < -0.3 is 9.88 Å². The maximum absolute atomic E-state index is 13.3. The van der Waals surface area contributed by atoms with Crippen molar-refractivity contribution in [1.29, 1.82) is 0 Å². The van der Waals surface area contributed by atoms with Gasteiger partial charge in [0, 0.05) is 31.9 Å². The van der Waals surface area contributed by atoms with Crippen molar-refractivity contribution in [3.05, 3.63) is 89.8 Å². The summed E-state index contributed by atoms with van der Waals surface area (Å²) in [5.41, 5.74) is 1.60. The van der Waals surface area contributed by atoms with Crippen LogP contribution in [0.4, 0.5) is 4.39 Å². The van der Waals surface area contributed by atoms with Crippen LogP contribution in [0.2, 0.25) is 0 Å². The van der Waals surface area contributed by atoms with Gasteiger partial charge >= 0.3 is 0 Å². The quantitative estimate of drug-likeness (QED) is 0.655. The zero-order valence-electron chi connectivity index (χ0n) is 16.5. The van der Waals surface area contributed by atoms with Crippen LogP contribution in [0, 0.1) is 5.82 Å². The van der Waals surface area contributed by atoms with Crippen LogP contribution in [0.5, 0.6) is 0 Å². The van der Waals surface area contributed by atoms with Crippen LogP contribution in [-0.2, 0) is 23.2 Å². The molecule has 0 bridgehead atoms. The van der Waals surface area contributed by atoms with Crippen molar-refractivity contribution in [3.63, 3.8) is 0 Å². The molecule has 0 unspecified atom stereocenters. The number of nitrogens with one attached hydrogen (secondary N) is 1. The van der Waals surface area contributed by atoms with Gasteiger partial charge in [0.25, 0.3) is 0 Å². The molecule has 0 radical (unpaired) electrons. The van der Waals surface area contributed by atoms with Gasteiger partial charge in [-0.15, -0.1) is 0 Å². The zero-order valence-corrected chi connectivity index (χ0v) is 16.5. The number of benzene rings is 2. The van der Waals surface area contributed by atoms with E-state index < -0.39 is 5.41 Å². The Morgan fingerprint density at radius 3 is 2.52 bits per heavy atom. The largest absolute Gasteiger partial charge is 0.355 e. The molecule has 1 fully saturated rings. The molecule has 1 aliphatic rings. The van der Waals surface area contributed by atoms with Gasteiger partial charge in [-0.3, -0.25) is 4.79 Å². The highest BCUT2D eigenvalue weighted by atomic mass is 19.1. The molecule has 0 saturated heterocycles. The van der Waals surface area contributed by atoms with Crippen LogP contribution in [0.3, 0.4) is 0 Å². The van der Waals surface area contributed by atoms with Crippen molar-refractivity contribution < 1.29 is 9.18 Å². The van der Waals surface area contributed by atoms with Gasteiger partial charge in [-0.1, -0.05) is 55.3 Å². The van der Waals surface area contributed by atoms with E-state index in [1.165, 1.54) is 17.7 Å². The molecular weight excluding hydrogens is 365 g/mol. The van der Waals surface area contributed by atoms with Gasteiger partial charge in [-0.2, -0.15) is 0 Å². The van der Waals surface area contributed by atoms with Crippen LogP contribution in [0.1, 0.15) is 42.6 Å². The Balaban J connectivity index is 1.40. The Kier molecular flexibility index (Phi) is 5.74. The fraction of sp³-hybridized carbons (Fsp3) is 0.333. The first kappa shape index (κ1) is 19.4. The Bertz CT molecular complexity index is 944. The predicted molar refractivity (Wildman–Crippen MR) is 111 cm³/mol. The summed E-state index contributed by atoms with van der Waals surface area (Å²) in [6.45, 7) is 1.30. The van der Waals surface area contributed by atoms with Crippen molar-refractivity contribution in [2.45, 2.75) is 44.1 Å². The maximum atomic E-state index is 13.3. The molecule has 1 aromatic heterocycles. The molecule has 0 atom stereocenters. The van der Waals surface area contributed by atoms with Gasteiger partial charge in [0.05, 0.1) is 5.41 Å². The summed E-state index contributed by atoms with van der Waals surface area (Å²) in [5.74, 6) is 0.728. The number of hydrogen-bond acceptors (Lipinski definition) is 2. The molecule has 4 rings (SSSR count). The van der Waals surface area contributed by atoms with Crippen LogP contribution >= 0.6 is 0 Å². The average molecular weight is 391 g/mol. The van der Waals surface area contributed by atoms with Gasteiger partial charge in [-0.25, -0.2) is 9.37 Å². The normalized spacial score (nSPS) is 15.3. The summed E-state index contributed by atoms with van der Waals surface area (Å²) in [6, 6.07) is 16.7. The Morgan fingerprint density at radius 2 is 1.79 bits per heavy atom. The van der Waals surface area contributed by atoms with E-state index in [1.807, 2.05) is 24.4 Å². The fourth-order valence-corrected chi connectivity index (χ4v) is 4.34. The van der Waals surface area contributed by atoms with E-state index in [1.54, 1.807) is 18.3 Å². The second kappa shape index (κ2) is 8.60.